The number of nitrogens with one attached hydrogen (secondary N) is 1. The van der Waals surface area contributed by atoms with E-state index in [4.69, 9.17) is 9.47 Å². The average Bonchev–Trinajstić information content (AvgIpc) is 2.67. The molecular formula is C22H33FN2O6S. The zero-order chi connectivity index (χ0) is 23.9. The van der Waals surface area contributed by atoms with Gasteiger partial charge in [0.15, 0.2) is 21.4 Å². The number of sulfone groups is 1. The van der Waals surface area contributed by atoms with Crippen LogP contribution in [0.25, 0.3) is 0 Å². The van der Waals surface area contributed by atoms with Crippen molar-refractivity contribution in [1.29, 1.82) is 0 Å². The van der Waals surface area contributed by atoms with Crippen molar-refractivity contribution >= 4 is 21.8 Å². The Morgan fingerprint density at radius 2 is 1.97 bits per heavy atom. The monoisotopic (exact) mass is 472 g/mol. The molecule has 1 N–H and O–H groups in total. The van der Waals surface area contributed by atoms with Crippen LogP contribution < -0.4 is 10.1 Å². The average molecular weight is 473 g/mol. The number of nitrogens with zero attached hydrogens (tertiary/aromatic N) is 1. The summed E-state index contributed by atoms with van der Waals surface area (Å²) in [7, 11) is -3.41. The number of carbonyl (C=O) groups excluding carboxylic acids is 2. The summed E-state index contributed by atoms with van der Waals surface area (Å²) in [5.74, 6) is -0.610. The molecule has 2 rings (SSSR count). The van der Waals surface area contributed by atoms with Crippen LogP contribution in [0.3, 0.4) is 0 Å². The van der Waals surface area contributed by atoms with E-state index in [1.165, 1.54) is 11.0 Å². The molecule has 1 fully saturated rings. The summed E-state index contributed by atoms with van der Waals surface area (Å²) in [5, 5.41) is 2.20. The maximum absolute atomic E-state index is 14.1. The number of ether oxygens (including phenoxy) is 2. The van der Waals surface area contributed by atoms with Crippen LogP contribution in [0.1, 0.15) is 46.1 Å². The molecule has 0 radical (unpaired) electrons. The Hall–Kier alpha value is -2.20. The third-order valence-corrected chi connectivity index (χ3v) is 7.07. The lowest BCUT2D eigenvalue weighted by atomic mass is 9.86. The number of carbonyl (C=O) groups is 2. The molecule has 1 saturated heterocycles. The van der Waals surface area contributed by atoms with Crippen LogP contribution in [0, 0.1) is 11.7 Å². The largest absolute Gasteiger partial charge is 0.490 e. The first-order valence-corrected chi connectivity index (χ1v) is 12.5. The summed E-state index contributed by atoms with van der Waals surface area (Å²) in [6.45, 7) is 8.34. The van der Waals surface area contributed by atoms with E-state index in [-0.39, 0.29) is 61.8 Å². The summed E-state index contributed by atoms with van der Waals surface area (Å²) in [6, 6.07) is 3.96. The molecule has 8 nitrogen and oxygen atoms in total. The Morgan fingerprint density at radius 3 is 2.62 bits per heavy atom. The van der Waals surface area contributed by atoms with Gasteiger partial charge in [0, 0.05) is 25.0 Å². The number of imide groups is 1. The molecule has 1 aliphatic rings. The minimum absolute atomic E-state index is 0.000608. The summed E-state index contributed by atoms with van der Waals surface area (Å²) >= 11 is 0. The number of halogens is 1. The minimum Gasteiger partial charge on any atom is -0.490 e. The van der Waals surface area contributed by atoms with Crippen LogP contribution in [0.2, 0.25) is 0 Å². The SMILES string of the molecule is CC(C)COc1cc(C(C)(C)CS(=O)(=O)CCCOCN2CCC(=O)NC2=O)ccc1F. The molecule has 1 aliphatic heterocycles. The second-order valence-corrected chi connectivity index (χ2v) is 11.3. The molecule has 1 aromatic carbocycles. The van der Waals surface area contributed by atoms with E-state index < -0.39 is 27.1 Å². The van der Waals surface area contributed by atoms with Crippen LogP contribution >= 0.6 is 0 Å². The maximum atomic E-state index is 14.1. The zero-order valence-corrected chi connectivity index (χ0v) is 20.0. The molecule has 0 atom stereocenters. The molecule has 1 aromatic rings. The summed E-state index contributed by atoms with van der Waals surface area (Å²) in [5.41, 5.74) is -0.0509. The molecule has 0 aliphatic carbocycles. The first kappa shape index (κ1) is 26.1. The highest BCUT2D eigenvalue weighted by atomic mass is 32.2. The van der Waals surface area contributed by atoms with Crippen molar-refractivity contribution in [2.24, 2.45) is 5.92 Å². The highest BCUT2D eigenvalue weighted by Crippen LogP contribution is 2.30. The van der Waals surface area contributed by atoms with Gasteiger partial charge in [-0.1, -0.05) is 33.8 Å². The van der Waals surface area contributed by atoms with E-state index >= 15 is 0 Å². The number of benzene rings is 1. The molecule has 1 heterocycles. The van der Waals surface area contributed by atoms with Crippen LogP contribution in [0.4, 0.5) is 9.18 Å². The molecule has 180 valence electrons. The van der Waals surface area contributed by atoms with Crippen LogP contribution in [-0.2, 0) is 24.8 Å². The topological polar surface area (TPSA) is 102 Å². The number of hydrogen-bond donors (Lipinski definition) is 1. The normalized spacial score (nSPS) is 15.2. The van der Waals surface area contributed by atoms with E-state index in [0.717, 1.165) is 0 Å². The van der Waals surface area contributed by atoms with Gasteiger partial charge in [-0.2, -0.15) is 0 Å². The second kappa shape index (κ2) is 11.1. The van der Waals surface area contributed by atoms with Crippen molar-refractivity contribution in [3.8, 4) is 5.75 Å². The van der Waals surface area contributed by atoms with E-state index in [1.807, 2.05) is 13.8 Å². The minimum atomic E-state index is -3.41. The highest BCUT2D eigenvalue weighted by Gasteiger charge is 2.29. The fourth-order valence-corrected chi connectivity index (χ4v) is 5.24. The van der Waals surface area contributed by atoms with Gasteiger partial charge in [0.1, 0.15) is 6.73 Å². The first-order valence-electron chi connectivity index (χ1n) is 10.7. The van der Waals surface area contributed by atoms with Crippen molar-refractivity contribution < 1.29 is 31.9 Å². The second-order valence-electron chi connectivity index (χ2n) is 9.08. The fourth-order valence-electron chi connectivity index (χ4n) is 3.27. The lowest BCUT2D eigenvalue weighted by Crippen LogP contribution is -2.50. The van der Waals surface area contributed by atoms with Gasteiger partial charge in [-0.05, 0) is 30.0 Å². The zero-order valence-electron chi connectivity index (χ0n) is 19.1. The summed E-state index contributed by atoms with van der Waals surface area (Å²) in [4.78, 5) is 24.1. The maximum Gasteiger partial charge on any atom is 0.325 e. The molecular weight excluding hydrogens is 439 g/mol. The van der Waals surface area contributed by atoms with Gasteiger partial charge in [-0.3, -0.25) is 10.1 Å². The van der Waals surface area contributed by atoms with Crippen molar-refractivity contribution in [2.75, 3.05) is 38.0 Å². The standard InChI is InChI=1S/C22H33FN2O6S/c1-16(2)13-31-19-12-17(6-7-18(19)23)22(3,4)14-32(28,29)11-5-10-30-15-25-9-8-20(26)24-21(25)27/h6-7,12,16H,5,8-11,13-15H2,1-4H3,(H,24,26,27). The highest BCUT2D eigenvalue weighted by molar-refractivity contribution is 7.91. The number of hydrogen-bond acceptors (Lipinski definition) is 6. The Labute approximate surface area is 189 Å². The molecule has 0 aromatic heterocycles. The van der Waals surface area contributed by atoms with Crippen LogP contribution in [0.15, 0.2) is 18.2 Å². The Bertz CT molecular complexity index is 917. The molecule has 0 saturated carbocycles. The van der Waals surface area contributed by atoms with E-state index in [0.29, 0.717) is 12.2 Å². The Balaban J connectivity index is 1.85. The van der Waals surface area contributed by atoms with Crippen LogP contribution in [-0.4, -0.2) is 63.3 Å². The summed E-state index contributed by atoms with van der Waals surface area (Å²) < 4.78 is 50.3. The van der Waals surface area contributed by atoms with Gasteiger partial charge < -0.3 is 14.4 Å². The molecule has 3 amide bonds. The smallest absolute Gasteiger partial charge is 0.325 e. The Morgan fingerprint density at radius 1 is 1.25 bits per heavy atom. The van der Waals surface area contributed by atoms with Crippen molar-refractivity contribution in [3.05, 3.63) is 29.6 Å². The third kappa shape index (κ3) is 8.05. The van der Waals surface area contributed by atoms with Gasteiger partial charge in [-0.15, -0.1) is 0 Å². The Kier molecular flexibility index (Phi) is 9.03. The van der Waals surface area contributed by atoms with E-state index in [9.17, 15) is 22.4 Å². The van der Waals surface area contributed by atoms with Crippen molar-refractivity contribution in [3.63, 3.8) is 0 Å². The van der Waals surface area contributed by atoms with E-state index in [2.05, 4.69) is 5.32 Å². The third-order valence-electron chi connectivity index (χ3n) is 5.00. The van der Waals surface area contributed by atoms with E-state index in [1.54, 1.807) is 26.0 Å². The molecule has 10 heteroatoms. The van der Waals surface area contributed by atoms with Gasteiger partial charge in [0.2, 0.25) is 5.91 Å². The number of amides is 3. The summed E-state index contributed by atoms with van der Waals surface area (Å²) in [6.07, 6.45) is 0.491. The van der Waals surface area contributed by atoms with Crippen molar-refractivity contribution in [1.82, 2.24) is 10.2 Å². The van der Waals surface area contributed by atoms with Crippen LogP contribution in [0.5, 0.6) is 5.75 Å². The predicted octanol–water partition coefficient (Wildman–Crippen LogP) is 2.86. The molecule has 0 bridgehead atoms. The molecule has 0 unspecified atom stereocenters. The molecule has 0 spiro atoms. The van der Waals surface area contributed by atoms with Crippen molar-refractivity contribution in [2.45, 2.75) is 46.0 Å². The quantitative estimate of drug-likeness (QED) is 0.470. The lowest BCUT2D eigenvalue weighted by molar-refractivity contribution is -0.122. The fraction of sp³-hybridized carbons (Fsp3) is 0.636. The predicted molar refractivity (Wildman–Crippen MR) is 119 cm³/mol. The number of urea groups is 1. The van der Waals surface area contributed by atoms with Gasteiger partial charge in [0.25, 0.3) is 0 Å². The lowest BCUT2D eigenvalue weighted by Gasteiger charge is -2.26. The van der Waals surface area contributed by atoms with Gasteiger partial charge >= 0.3 is 6.03 Å². The van der Waals surface area contributed by atoms with Gasteiger partial charge in [0.05, 0.1) is 18.1 Å². The van der Waals surface area contributed by atoms with Gasteiger partial charge in [-0.25, -0.2) is 17.6 Å². The molecule has 32 heavy (non-hydrogen) atoms. The first-order chi connectivity index (χ1) is 14.9. The number of rotatable bonds is 12.